The average molecular weight is 340 g/mol. The van der Waals surface area contributed by atoms with Crippen LogP contribution in [0.1, 0.15) is 19.3 Å². The van der Waals surface area contributed by atoms with Gasteiger partial charge in [0.15, 0.2) is 5.41 Å². The third-order valence-corrected chi connectivity index (χ3v) is 4.62. The Bertz CT molecular complexity index is 515. The first-order chi connectivity index (χ1) is 10.5. The smallest absolute Gasteiger partial charge is 0.399 e. The van der Waals surface area contributed by atoms with Crippen LogP contribution in [0.4, 0.5) is 26.3 Å². The van der Waals surface area contributed by atoms with E-state index in [1.165, 1.54) is 24.3 Å². The van der Waals surface area contributed by atoms with Crippen LogP contribution < -0.4 is 11.5 Å². The molecule has 0 bridgehead atoms. The van der Waals surface area contributed by atoms with Gasteiger partial charge in [-0.2, -0.15) is 26.3 Å². The van der Waals surface area contributed by atoms with Crippen LogP contribution >= 0.6 is 0 Å². The molecule has 2 rings (SSSR count). The molecule has 0 saturated heterocycles. The van der Waals surface area contributed by atoms with Crippen LogP contribution in [-0.4, -0.2) is 18.4 Å². The summed E-state index contributed by atoms with van der Waals surface area (Å²) >= 11 is 0. The molecule has 8 heteroatoms. The molecule has 130 valence electrons. The first-order valence-electron chi connectivity index (χ1n) is 7.19. The van der Waals surface area contributed by atoms with Gasteiger partial charge in [-0.15, -0.1) is 0 Å². The first-order valence-corrected chi connectivity index (χ1v) is 7.19. The molecular formula is C15H18F6N2. The molecule has 0 spiro atoms. The minimum absolute atomic E-state index is 0.0882. The molecule has 2 aliphatic rings. The van der Waals surface area contributed by atoms with Gasteiger partial charge in [-0.1, -0.05) is 24.3 Å². The Kier molecular flexibility index (Phi) is 4.58. The van der Waals surface area contributed by atoms with E-state index in [-0.39, 0.29) is 25.0 Å². The van der Waals surface area contributed by atoms with Crippen LogP contribution in [-0.2, 0) is 0 Å². The summed E-state index contributed by atoms with van der Waals surface area (Å²) in [6.45, 7) is 0. The molecule has 3 atom stereocenters. The summed E-state index contributed by atoms with van der Waals surface area (Å²) in [6.07, 6.45) is -5.79. The quantitative estimate of drug-likeness (QED) is 0.593. The van der Waals surface area contributed by atoms with Crippen LogP contribution in [0.5, 0.6) is 0 Å². The van der Waals surface area contributed by atoms with Crippen LogP contribution in [0, 0.1) is 17.3 Å². The second-order valence-corrected chi connectivity index (χ2v) is 6.04. The Morgan fingerprint density at radius 1 is 0.957 bits per heavy atom. The van der Waals surface area contributed by atoms with Crippen molar-refractivity contribution in [3.05, 3.63) is 36.1 Å². The third kappa shape index (κ3) is 3.00. The summed E-state index contributed by atoms with van der Waals surface area (Å²) in [4.78, 5) is 0. The van der Waals surface area contributed by atoms with Gasteiger partial charge in [0.1, 0.15) is 0 Å². The van der Waals surface area contributed by atoms with E-state index in [0.717, 1.165) is 6.08 Å². The van der Waals surface area contributed by atoms with Crippen LogP contribution in [0.25, 0.3) is 0 Å². The summed E-state index contributed by atoms with van der Waals surface area (Å²) in [5.41, 5.74) is 7.10. The van der Waals surface area contributed by atoms with E-state index < -0.39 is 35.6 Å². The molecule has 4 N–H and O–H groups in total. The lowest BCUT2D eigenvalue weighted by Gasteiger charge is -2.48. The fourth-order valence-corrected chi connectivity index (χ4v) is 3.66. The van der Waals surface area contributed by atoms with Crippen LogP contribution in [0.2, 0.25) is 0 Å². The lowest BCUT2D eigenvalue weighted by Crippen LogP contribution is -2.60. The second-order valence-electron chi connectivity index (χ2n) is 6.04. The van der Waals surface area contributed by atoms with Crippen molar-refractivity contribution in [3.63, 3.8) is 0 Å². The molecule has 0 aliphatic heterocycles. The number of allylic oxidation sites excluding steroid dienone is 4. The van der Waals surface area contributed by atoms with Gasteiger partial charge in [0.2, 0.25) is 0 Å². The summed E-state index contributed by atoms with van der Waals surface area (Å²) in [5, 5.41) is 0. The van der Waals surface area contributed by atoms with E-state index in [1.807, 2.05) is 0 Å². The Morgan fingerprint density at radius 3 is 2.04 bits per heavy atom. The summed E-state index contributed by atoms with van der Waals surface area (Å²) in [5.74, 6) is -3.47. The largest absolute Gasteiger partial charge is 0.404 e. The molecule has 0 aromatic heterocycles. The average Bonchev–Trinajstić information content (AvgIpc) is 2.36. The van der Waals surface area contributed by atoms with Gasteiger partial charge in [-0.3, -0.25) is 0 Å². The van der Waals surface area contributed by atoms with Gasteiger partial charge in [0.05, 0.1) is 0 Å². The van der Waals surface area contributed by atoms with Crippen LogP contribution in [0.15, 0.2) is 36.1 Å². The minimum Gasteiger partial charge on any atom is -0.399 e. The van der Waals surface area contributed by atoms with Crippen molar-refractivity contribution in [1.29, 1.82) is 0 Å². The Hall–Kier alpha value is -1.44. The van der Waals surface area contributed by atoms with Crippen molar-refractivity contribution >= 4 is 0 Å². The van der Waals surface area contributed by atoms with Crippen molar-refractivity contribution in [2.75, 3.05) is 0 Å². The molecule has 3 unspecified atom stereocenters. The van der Waals surface area contributed by atoms with Gasteiger partial charge in [0, 0.05) is 17.7 Å². The maximum Gasteiger partial charge on any atom is 0.404 e. The van der Waals surface area contributed by atoms with Gasteiger partial charge >= 0.3 is 12.4 Å². The number of alkyl halides is 6. The predicted molar refractivity (Wildman–Crippen MR) is 73.9 cm³/mol. The highest BCUT2D eigenvalue weighted by Gasteiger charge is 2.76. The summed E-state index contributed by atoms with van der Waals surface area (Å²) in [6, 6.07) is -0.821. The molecule has 0 aromatic rings. The van der Waals surface area contributed by atoms with Gasteiger partial charge in [-0.25, -0.2) is 0 Å². The minimum atomic E-state index is -5.46. The maximum absolute atomic E-state index is 13.8. The second kappa shape index (κ2) is 5.89. The predicted octanol–water partition coefficient (Wildman–Crippen LogP) is 3.81. The van der Waals surface area contributed by atoms with Crippen molar-refractivity contribution in [2.24, 2.45) is 28.7 Å². The normalized spacial score (nSPS) is 29.5. The lowest BCUT2D eigenvalue weighted by atomic mass is 9.59. The Morgan fingerprint density at radius 2 is 1.57 bits per heavy atom. The van der Waals surface area contributed by atoms with Crippen molar-refractivity contribution in [2.45, 2.75) is 37.7 Å². The standard InChI is InChI=1S/C15H18F6N2/c16-14(17,18)13(15(19,20)21,9-3-1-5-11(22)7-9)10-4-2-6-12(23)8-10/h1-2,5-7,9-10,12H,3-4,8,22-23H2. The molecule has 0 amide bonds. The van der Waals surface area contributed by atoms with E-state index in [9.17, 15) is 26.3 Å². The van der Waals surface area contributed by atoms with Crippen LogP contribution in [0.3, 0.4) is 0 Å². The lowest BCUT2D eigenvalue weighted by molar-refractivity contribution is -0.372. The van der Waals surface area contributed by atoms with E-state index in [1.54, 1.807) is 0 Å². The molecule has 2 nitrogen and oxygen atoms in total. The zero-order valence-electron chi connectivity index (χ0n) is 12.2. The van der Waals surface area contributed by atoms with E-state index in [0.29, 0.717) is 0 Å². The monoisotopic (exact) mass is 340 g/mol. The van der Waals surface area contributed by atoms with Crippen molar-refractivity contribution in [1.82, 2.24) is 0 Å². The molecule has 0 aromatic carbocycles. The topological polar surface area (TPSA) is 52.0 Å². The highest BCUT2D eigenvalue weighted by Crippen LogP contribution is 2.63. The number of hydrogen-bond acceptors (Lipinski definition) is 2. The SMILES string of the molecule is NC1=CC(C(C2CC=CC(N)C2)(C(F)(F)F)C(F)(F)F)CC=C1. The molecule has 0 radical (unpaired) electrons. The van der Waals surface area contributed by atoms with E-state index in [4.69, 9.17) is 11.5 Å². The number of nitrogens with two attached hydrogens (primary N) is 2. The molecule has 0 heterocycles. The fraction of sp³-hybridized carbons (Fsp3) is 0.600. The zero-order valence-corrected chi connectivity index (χ0v) is 12.2. The molecule has 0 fully saturated rings. The molecule has 23 heavy (non-hydrogen) atoms. The Labute approximate surface area is 129 Å². The fourth-order valence-electron chi connectivity index (χ4n) is 3.66. The molecule has 0 saturated carbocycles. The van der Waals surface area contributed by atoms with Gasteiger partial charge in [0.25, 0.3) is 0 Å². The van der Waals surface area contributed by atoms with Gasteiger partial charge in [-0.05, 0) is 31.3 Å². The van der Waals surface area contributed by atoms with E-state index in [2.05, 4.69) is 0 Å². The summed E-state index contributed by atoms with van der Waals surface area (Å²) < 4.78 is 82.9. The zero-order chi connectivity index (χ0) is 17.5. The van der Waals surface area contributed by atoms with E-state index >= 15 is 0 Å². The third-order valence-electron chi connectivity index (χ3n) is 4.62. The maximum atomic E-state index is 13.8. The van der Waals surface area contributed by atoms with Crippen molar-refractivity contribution in [3.8, 4) is 0 Å². The van der Waals surface area contributed by atoms with Gasteiger partial charge < -0.3 is 11.5 Å². The molecular weight excluding hydrogens is 322 g/mol. The molecule has 2 aliphatic carbocycles. The first kappa shape index (κ1) is 17.9. The summed E-state index contributed by atoms with van der Waals surface area (Å²) in [7, 11) is 0. The highest BCUT2D eigenvalue weighted by molar-refractivity contribution is 5.25. The Balaban J connectivity index is 2.62. The van der Waals surface area contributed by atoms with Crippen molar-refractivity contribution < 1.29 is 26.3 Å². The number of halogens is 6. The number of rotatable bonds is 2. The number of hydrogen-bond donors (Lipinski definition) is 2. The highest BCUT2D eigenvalue weighted by atomic mass is 19.4.